The van der Waals surface area contributed by atoms with Crippen molar-refractivity contribution >= 4 is 39.9 Å². The van der Waals surface area contributed by atoms with Gasteiger partial charge in [-0.3, -0.25) is 0 Å². The first-order valence-corrected chi connectivity index (χ1v) is 10.1. The molecule has 0 saturated heterocycles. The highest BCUT2D eigenvalue weighted by Gasteiger charge is 2.12. The van der Waals surface area contributed by atoms with Gasteiger partial charge in [-0.05, 0) is 31.1 Å². The highest BCUT2D eigenvalue weighted by atomic mass is 35.5. The predicted molar refractivity (Wildman–Crippen MR) is 107 cm³/mol. The first-order valence-electron chi connectivity index (χ1n) is 9.23. The molecule has 2 fully saturated rings. The Balaban J connectivity index is 0.000000198. The molecule has 0 unspecified atom stereocenters. The highest BCUT2D eigenvalue weighted by Crippen LogP contribution is 2.21. The van der Waals surface area contributed by atoms with Crippen LogP contribution in [0.15, 0.2) is 40.3 Å². The third-order valence-electron chi connectivity index (χ3n) is 4.68. The number of hydrogen-bond acceptors (Lipinski definition) is 2. The van der Waals surface area contributed by atoms with Crippen LogP contribution < -0.4 is 5.46 Å². The van der Waals surface area contributed by atoms with Crippen molar-refractivity contribution in [2.45, 2.75) is 76.3 Å². The van der Waals surface area contributed by atoms with Crippen LogP contribution in [0.5, 0.6) is 0 Å². The number of hydrogen-bond donors (Lipinski definition) is 0. The molecule has 2 saturated carbocycles. The summed E-state index contributed by atoms with van der Waals surface area (Å²) >= 11 is 11.1. The van der Waals surface area contributed by atoms with E-state index in [1.54, 1.807) is 0 Å². The zero-order valence-corrected chi connectivity index (χ0v) is 15.9. The van der Waals surface area contributed by atoms with E-state index in [9.17, 15) is 0 Å². The Hall–Kier alpha value is -0.755. The van der Waals surface area contributed by atoms with Crippen LogP contribution in [-0.2, 0) is 0 Å². The molecule has 0 atom stereocenters. The molecule has 0 N–H and O–H groups in total. The third kappa shape index (κ3) is 7.88. The van der Waals surface area contributed by atoms with Crippen molar-refractivity contribution in [1.29, 1.82) is 0 Å². The summed E-state index contributed by atoms with van der Waals surface area (Å²) in [7, 11) is 0. The van der Waals surface area contributed by atoms with Crippen LogP contribution in [-0.4, -0.2) is 23.6 Å². The van der Waals surface area contributed by atoms with Gasteiger partial charge >= 0.3 is 5.54 Å². The topological polar surface area (TPSA) is 24.7 Å². The number of benzene rings is 1. The summed E-state index contributed by atoms with van der Waals surface area (Å²) in [5, 5.41) is 0. The average molecular weight is 365 g/mol. The quantitative estimate of drug-likeness (QED) is 0.486. The number of nitrogens with zero attached hydrogens (tertiary/aromatic N) is 2. The maximum Gasteiger partial charge on any atom is 0.382 e. The minimum absolute atomic E-state index is 0.397. The fourth-order valence-corrected chi connectivity index (χ4v) is 3.51. The average Bonchev–Trinajstić information content (AvgIpc) is 2.65. The van der Waals surface area contributed by atoms with E-state index in [1.807, 2.05) is 30.3 Å². The predicted octanol–water partition coefficient (Wildman–Crippen LogP) is 5.69. The third-order valence-corrected chi connectivity index (χ3v) is 5.19. The molecule has 130 valence electrons. The normalized spacial score (nSPS) is 18.8. The molecule has 2 nitrogen and oxygen atoms in total. The molecule has 24 heavy (non-hydrogen) atoms. The molecule has 0 heterocycles. The zero-order valence-electron chi connectivity index (χ0n) is 14.3. The first-order chi connectivity index (χ1) is 11.8. The van der Waals surface area contributed by atoms with E-state index in [2.05, 4.69) is 16.0 Å². The Kier molecular flexibility index (Phi) is 9.57. The van der Waals surface area contributed by atoms with E-state index in [1.165, 1.54) is 64.2 Å². The van der Waals surface area contributed by atoms with E-state index in [0.29, 0.717) is 12.1 Å². The summed E-state index contributed by atoms with van der Waals surface area (Å²) in [5.41, 5.74) is 0.548. The molecule has 3 rings (SSSR count). The van der Waals surface area contributed by atoms with Crippen LogP contribution in [0.25, 0.3) is 0 Å². The second-order valence-electron chi connectivity index (χ2n) is 6.65. The van der Waals surface area contributed by atoms with E-state index in [4.69, 9.17) is 22.9 Å². The van der Waals surface area contributed by atoms with Gasteiger partial charge in [0.15, 0.2) is 0 Å². The van der Waals surface area contributed by atoms with E-state index >= 15 is 0 Å². The molecule has 5 heteroatoms. The number of aliphatic imine (C=N–C) groups is 2. The summed E-state index contributed by atoms with van der Waals surface area (Å²) in [6.07, 6.45) is 13.2. The molecule has 0 radical (unpaired) electrons. The van der Waals surface area contributed by atoms with E-state index in [0.717, 1.165) is 5.46 Å². The van der Waals surface area contributed by atoms with Gasteiger partial charge in [0, 0.05) is 0 Å². The lowest BCUT2D eigenvalue weighted by Gasteiger charge is -2.17. The Labute approximate surface area is 156 Å². The van der Waals surface area contributed by atoms with Crippen molar-refractivity contribution < 1.29 is 0 Å². The van der Waals surface area contributed by atoms with Crippen molar-refractivity contribution in [3.05, 3.63) is 30.3 Å². The summed E-state index contributed by atoms with van der Waals surface area (Å²) in [6.45, 7) is 0. The fraction of sp³-hybridized carbons (Fsp3) is 0.632. The minimum Gasteiger partial charge on any atom is -0.222 e. The molecule has 0 spiro atoms. The van der Waals surface area contributed by atoms with Gasteiger partial charge in [-0.2, -0.15) is 22.9 Å². The van der Waals surface area contributed by atoms with Crippen molar-refractivity contribution in [2.24, 2.45) is 9.98 Å². The smallest absolute Gasteiger partial charge is 0.222 e. The lowest BCUT2D eigenvalue weighted by atomic mass is 9.93. The molecule has 0 bridgehead atoms. The maximum absolute atomic E-state index is 5.57. The van der Waals surface area contributed by atoms with Crippen LogP contribution in [0.2, 0.25) is 0 Å². The highest BCUT2D eigenvalue weighted by molar-refractivity contribution is 7.39. The standard InChI is InChI=1S/C13H22N2.C6H5BCl2/c1-3-7-12(8-4-1)14-11-15-13-9-5-2-6-10-13;8-7(9)6-4-2-1-3-5-6/h12-13H,1-10H2;1-5H. The summed E-state index contributed by atoms with van der Waals surface area (Å²) in [5.74, 6) is 0. The Morgan fingerprint density at radius 2 is 1.21 bits per heavy atom. The minimum atomic E-state index is -0.397. The van der Waals surface area contributed by atoms with Crippen LogP contribution in [0.1, 0.15) is 64.2 Å². The lowest BCUT2D eigenvalue weighted by molar-refractivity contribution is 0.438. The van der Waals surface area contributed by atoms with Gasteiger partial charge in [0.2, 0.25) is 0 Å². The van der Waals surface area contributed by atoms with Crippen LogP contribution in [0.3, 0.4) is 0 Å². The second kappa shape index (κ2) is 11.7. The van der Waals surface area contributed by atoms with Crippen molar-refractivity contribution in [1.82, 2.24) is 0 Å². The molecule has 1 aromatic carbocycles. The van der Waals surface area contributed by atoms with E-state index in [-0.39, 0.29) is 0 Å². The van der Waals surface area contributed by atoms with Crippen LogP contribution >= 0.6 is 22.9 Å². The molecule has 0 amide bonds. The molecule has 1 aromatic rings. The summed E-state index contributed by atoms with van der Waals surface area (Å²) < 4.78 is 0. The van der Waals surface area contributed by atoms with E-state index < -0.39 is 5.54 Å². The van der Waals surface area contributed by atoms with Gasteiger partial charge < -0.3 is 0 Å². The van der Waals surface area contributed by atoms with Gasteiger partial charge in [-0.15, -0.1) is 0 Å². The van der Waals surface area contributed by atoms with Gasteiger partial charge in [0.25, 0.3) is 0 Å². The maximum atomic E-state index is 5.57. The zero-order chi connectivity index (χ0) is 17.0. The summed E-state index contributed by atoms with van der Waals surface area (Å²) in [4.78, 5) is 8.92. The largest absolute Gasteiger partial charge is 0.382 e. The second-order valence-corrected chi connectivity index (χ2v) is 7.75. The van der Waals surface area contributed by atoms with Crippen LogP contribution in [0.4, 0.5) is 0 Å². The van der Waals surface area contributed by atoms with Crippen molar-refractivity contribution in [3.8, 4) is 0 Å². The Morgan fingerprint density at radius 1 is 0.750 bits per heavy atom. The molecule has 2 aliphatic carbocycles. The van der Waals surface area contributed by atoms with Gasteiger partial charge in [-0.1, -0.05) is 68.9 Å². The Morgan fingerprint density at radius 3 is 1.58 bits per heavy atom. The first kappa shape index (κ1) is 19.6. The van der Waals surface area contributed by atoms with Gasteiger partial charge in [-0.25, -0.2) is 9.98 Å². The molecular formula is C19H27BCl2N2. The fourth-order valence-electron chi connectivity index (χ4n) is 3.22. The molecule has 2 aliphatic rings. The molecule has 0 aliphatic heterocycles. The lowest BCUT2D eigenvalue weighted by Crippen LogP contribution is -2.16. The monoisotopic (exact) mass is 364 g/mol. The van der Waals surface area contributed by atoms with Gasteiger partial charge in [0.1, 0.15) is 0 Å². The number of halogens is 2. The van der Waals surface area contributed by atoms with Crippen molar-refractivity contribution in [3.63, 3.8) is 0 Å². The Bertz CT molecular complexity index is 481. The molecule has 0 aromatic heterocycles. The molecular weight excluding hydrogens is 338 g/mol. The number of rotatable bonds is 3. The van der Waals surface area contributed by atoms with Crippen LogP contribution in [0, 0.1) is 0 Å². The summed E-state index contributed by atoms with van der Waals surface area (Å²) in [6, 6.07) is 13.6. The van der Waals surface area contributed by atoms with Crippen molar-refractivity contribution in [2.75, 3.05) is 0 Å². The SMILES string of the molecule is C(=NC1CCCCC1)=NC1CCCCC1.ClB(Cl)c1ccccc1. The van der Waals surface area contributed by atoms with Gasteiger partial charge in [0.05, 0.1) is 18.1 Å².